The molecule has 138 valence electrons. The van der Waals surface area contributed by atoms with E-state index in [4.69, 9.17) is 27.9 Å². The molecule has 2 atom stereocenters. The van der Waals surface area contributed by atoms with Gasteiger partial charge in [-0.15, -0.1) is 0 Å². The van der Waals surface area contributed by atoms with Gasteiger partial charge in [-0.25, -0.2) is 0 Å². The highest BCUT2D eigenvalue weighted by Gasteiger charge is 2.25. The Morgan fingerprint density at radius 2 is 2.08 bits per heavy atom. The van der Waals surface area contributed by atoms with Crippen molar-refractivity contribution >= 4 is 35.0 Å². The average Bonchev–Trinajstić information content (AvgIpc) is 3.04. The summed E-state index contributed by atoms with van der Waals surface area (Å²) in [6, 6.07) is 4.03. The standard InChI is InChI=1S/C18H24Cl2N2O3/c1-11(2)8-16(18(24)21-10-13-4-3-7-25-13)22-17(23)14-6-5-12(19)9-15(14)20/h5-6,9,11,13,16H,3-4,7-8,10H2,1-2H3,(H,21,24)(H,22,23)/t13-,16+/m1/s1. The van der Waals surface area contributed by atoms with Gasteiger partial charge in [-0.05, 0) is 43.4 Å². The van der Waals surface area contributed by atoms with Crippen molar-refractivity contribution in [3.63, 3.8) is 0 Å². The zero-order valence-electron chi connectivity index (χ0n) is 14.5. The third-order valence-electron chi connectivity index (χ3n) is 4.03. The van der Waals surface area contributed by atoms with Gasteiger partial charge in [0.05, 0.1) is 16.7 Å². The smallest absolute Gasteiger partial charge is 0.253 e. The van der Waals surface area contributed by atoms with Crippen molar-refractivity contribution in [3.8, 4) is 0 Å². The lowest BCUT2D eigenvalue weighted by molar-refractivity contribution is -0.123. The van der Waals surface area contributed by atoms with Gasteiger partial charge in [0, 0.05) is 18.2 Å². The summed E-state index contributed by atoms with van der Waals surface area (Å²) < 4.78 is 5.51. The number of nitrogens with one attached hydrogen (secondary N) is 2. The maximum atomic E-state index is 12.5. The van der Waals surface area contributed by atoms with Crippen LogP contribution in [0.5, 0.6) is 0 Å². The van der Waals surface area contributed by atoms with Gasteiger partial charge >= 0.3 is 0 Å². The van der Waals surface area contributed by atoms with Crippen molar-refractivity contribution in [2.24, 2.45) is 5.92 Å². The van der Waals surface area contributed by atoms with Gasteiger partial charge in [-0.1, -0.05) is 37.0 Å². The van der Waals surface area contributed by atoms with Crippen LogP contribution in [0.15, 0.2) is 18.2 Å². The van der Waals surface area contributed by atoms with Gasteiger partial charge in [-0.3, -0.25) is 9.59 Å². The summed E-state index contributed by atoms with van der Waals surface area (Å²) in [6.45, 7) is 5.20. The summed E-state index contributed by atoms with van der Waals surface area (Å²) in [6.07, 6.45) is 2.56. The van der Waals surface area contributed by atoms with Crippen LogP contribution in [-0.4, -0.2) is 37.1 Å². The van der Waals surface area contributed by atoms with Crippen LogP contribution in [0, 0.1) is 5.92 Å². The van der Waals surface area contributed by atoms with Crippen LogP contribution in [0.4, 0.5) is 0 Å². The van der Waals surface area contributed by atoms with Crippen molar-refractivity contribution in [1.82, 2.24) is 10.6 Å². The van der Waals surface area contributed by atoms with Gasteiger partial charge in [0.2, 0.25) is 5.91 Å². The minimum absolute atomic E-state index is 0.0602. The third-order valence-corrected chi connectivity index (χ3v) is 4.58. The highest BCUT2D eigenvalue weighted by Crippen LogP contribution is 2.21. The Morgan fingerprint density at radius 3 is 2.68 bits per heavy atom. The summed E-state index contributed by atoms with van der Waals surface area (Å²) in [5, 5.41) is 6.37. The van der Waals surface area contributed by atoms with E-state index in [9.17, 15) is 9.59 Å². The van der Waals surface area contributed by atoms with E-state index in [1.807, 2.05) is 13.8 Å². The molecule has 0 spiro atoms. The summed E-state index contributed by atoms with van der Waals surface area (Å²) >= 11 is 11.9. The maximum absolute atomic E-state index is 12.5. The molecular weight excluding hydrogens is 363 g/mol. The second kappa shape index (κ2) is 9.41. The number of carbonyl (C=O) groups is 2. The van der Waals surface area contributed by atoms with E-state index in [1.54, 1.807) is 12.1 Å². The highest BCUT2D eigenvalue weighted by molar-refractivity contribution is 6.36. The van der Waals surface area contributed by atoms with Crippen molar-refractivity contribution < 1.29 is 14.3 Å². The molecule has 1 heterocycles. The molecule has 1 fully saturated rings. The van der Waals surface area contributed by atoms with E-state index < -0.39 is 6.04 Å². The minimum atomic E-state index is -0.624. The number of rotatable bonds is 7. The Hall–Kier alpha value is -1.30. The van der Waals surface area contributed by atoms with E-state index in [-0.39, 0.29) is 28.9 Å². The Bertz CT molecular complexity index is 616. The Balaban J connectivity index is 2.00. The fourth-order valence-corrected chi connectivity index (χ4v) is 3.25. The first kappa shape index (κ1) is 20.0. The zero-order chi connectivity index (χ0) is 18.4. The number of benzene rings is 1. The molecular formula is C18H24Cl2N2O3. The third kappa shape index (κ3) is 6.17. The number of hydrogen-bond donors (Lipinski definition) is 2. The van der Waals surface area contributed by atoms with E-state index >= 15 is 0 Å². The lowest BCUT2D eigenvalue weighted by atomic mass is 10.0. The number of carbonyl (C=O) groups excluding carboxylic acids is 2. The quantitative estimate of drug-likeness (QED) is 0.753. The van der Waals surface area contributed by atoms with Gasteiger partial charge in [0.15, 0.2) is 0 Å². The Kier molecular flexibility index (Phi) is 7.54. The molecule has 2 amide bonds. The molecule has 5 nitrogen and oxygen atoms in total. The molecule has 1 aliphatic heterocycles. The normalized spacial score (nSPS) is 18.2. The van der Waals surface area contributed by atoms with Crippen LogP contribution in [0.3, 0.4) is 0 Å². The number of hydrogen-bond acceptors (Lipinski definition) is 3. The average molecular weight is 387 g/mol. The van der Waals surface area contributed by atoms with Gasteiger partial charge in [-0.2, -0.15) is 0 Å². The SMILES string of the molecule is CC(C)C[C@H](NC(=O)c1ccc(Cl)cc1Cl)C(=O)NC[C@H]1CCCO1. The van der Waals surface area contributed by atoms with Crippen LogP contribution in [-0.2, 0) is 9.53 Å². The fourth-order valence-electron chi connectivity index (χ4n) is 2.76. The molecule has 0 bridgehead atoms. The predicted molar refractivity (Wildman–Crippen MR) is 99.2 cm³/mol. The first-order valence-corrected chi connectivity index (χ1v) is 9.27. The highest BCUT2D eigenvalue weighted by atomic mass is 35.5. The van der Waals surface area contributed by atoms with Crippen LogP contribution in [0.25, 0.3) is 0 Å². The lowest BCUT2D eigenvalue weighted by Crippen LogP contribution is -2.48. The van der Waals surface area contributed by atoms with E-state index in [0.717, 1.165) is 19.4 Å². The zero-order valence-corrected chi connectivity index (χ0v) is 16.0. The second-order valence-electron chi connectivity index (χ2n) is 6.66. The molecule has 1 aromatic rings. The molecule has 0 unspecified atom stereocenters. The largest absolute Gasteiger partial charge is 0.376 e. The van der Waals surface area contributed by atoms with E-state index in [0.29, 0.717) is 23.6 Å². The van der Waals surface area contributed by atoms with Crippen LogP contribution < -0.4 is 10.6 Å². The first-order chi connectivity index (χ1) is 11.9. The molecule has 2 N–H and O–H groups in total. The fraction of sp³-hybridized carbons (Fsp3) is 0.556. The van der Waals surface area contributed by atoms with Crippen molar-refractivity contribution in [1.29, 1.82) is 0 Å². The molecule has 7 heteroatoms. The minimum Gasteiger partial charge on any atom is -0.376 e. The van der Waals surface area contributed by atoms with Gasteiger partial charge in [0.1, 0.15) is 6.04 Å². The van der Waals surface area contributed by atoms with Crippen molar-refractivity contribution in [2.75, 3.05) is 13.2 Å². The molecule has 2 rings (SSSR count). The Labute approximate surface area is 158 Å². The maximum Gasteiger partial charge on any atom is 0.253 e. The van der Waals surface area contributed by atoms with Crippen LogP contribution in [0.2, 0.25) is 10.0 Å². The molecule has 1 aromatic carbocycles. The monoisotopic (exact) mass is 386 g/mol. The number of ether oxygens (including phenoxy) is 1. The molecule has 0 aromatic heterocycles. The van der Waals surface area contributed by atoms with E-state index in [1.165, 1.54) is 6.07 Å². The topological polar surface area (TPSA) is 67.4 Å². The van der Waals surface area contributed by atoms with E-state index in [2.05, 4.69) is 10.6 Å². The summed E-state index contributed by atoms with van der Waals surface area (Å²) in [4.78, 5) is 25.0. The summed E-state index contributed by atoms with van der Waals surface area (Å²) in [7, 11) is 0. The van der Waals surface area contributed by atoms with Gasteiger partial charge in [0.25, 0.3) is 5.91 Å². The summed E-state index contributed by atoms with van der Waals surface area (Å²) in [5.41, 5.74) is 0.298. The van der Waals surface area contributed by atoms with Crippen molar-refractivity contribution in [3.05, 3.63) is 33.8 Å². The molecule has 1 aliphatic rings. The molecule has 25 heavy (non-hydrogen) atoms. The number of amides is 2. The first-order valence-electron chi connectivity index (χ1n) is 8.52. The molecule has 1 saturated heterocycles. The molecule has 0 radical (unpaired) electrons. The van der Waals surface area contributed by atoms with Gasteiger partial charge < -0.3 is 15.4 Å². The Morgan fingerprint density at radius 1 is 1.32 bits per heavy atom. The van der Waals surface area contributed by atoms with Crippen LogP contribution in [0.1, 0.15) is 43.5 Å². The second-order valence-corrected chi connectivity index (χ2v) is 7.50. The van der Waals surface area contributed by atoms with Crippen molar-refractivity contribution in [2.45, 2.75) is 45.3 Å². The predicted octanol–water partition coefficient (Wildman–Crippen LogP) is 3.43. The lowest BCUT2D eigenvalue weighted by Gasteiger charge is -2.21. The van der Waals surface area contributed by atoms with Crippen LogP contribution >= 0.6 is 23.2 Å². The molecule has 0 saturated carbocycles. The summed E-state index contributed by atoms with van der Waals surface area (Å²) in [5.74, 6) is -0.346. The molecule has 0 aliphatic carbocycles. The number of halogens is 2.